The van der Waals surface area contributed by atoms with Gasteiger partial charge in [-0.15, -0.1) is 0 Å². The molecule has 0 radical (unpaired) electrons. The molecular weight excluding hydrogens is 187 g/mol. The van der Waals surface area contributed by atoms with Crippen molar-refractivity contribution in [2.75, 3.05) is 0 Å². The minimum atomic E-state index is -0.222. The number of hydrogen-bond donors (Lipinski definition) is 0. The van der Waals surface area contributed by atoms with Crippen LogP contribution in [0.5, 0.6) is 0 Å². The van der Waals surface area contributed by atoms with Crippen LogP contribution in [-0.2, 0) is 5.41 Å². The Morgan fingerprint density at radius 3 is 2.60 bits per heavy atom. The predicted molar refractivity (Wildman–Crippen MR) is 61.2 cm³/mol. The normalized spacial score (nSPS) is 29.4. The van der Waals surface area contributed by atoms with E-state index < -0.39 is 0 Å². The molecule has 0 spiro atoms. The highest BCUT2D eigenvalue weighted by Gasteiger charge is 2.32. The maximum Gasteiger partial charge on any atom is 0.127 e. The first-order valence-electron chi connectivity index (χ1n) is 5.25. The van der Waals surface area contributed by atoms with Gasteiger partial charge in [-0.05, 0) is 17.5 Å². The molecule has 1 aromatic carbocycles. The molecule has 1 aromatic rings. The first kappa shape index (κ1) is 10.2. The van der Waals surface area contributed by atoms with E-state index in [0.29, 0.717) is 5.92 Å². The molecule has 0 aromatic heterocycles. The monoisotopic (exact) mass is 202 g/mol. The molecule has 15 heavy (non-hydrogen) atoms. The van der Waals surface area contributed by atoms with Gasteiger partial charge in [-0.1, -0.05) is 56.4 Å². The molecule has 2 rings (SSSR count). The fourth-order valence-electron chi connectivity index (χ4n) is 2.07. The van der Waals surface area contributed by atoms with E-state index in [2.05, 4.69) is 26.0 Å². The Labute approximate surface area is 90.1 Å². The zero-order chi connectivity index (χ0) is 10.9. The lowest BCUT2D eigenvalue weighted by Gasteiger charge is -2.33. The average molecular weight is 202 g/mol. The summed E-state index contributed by atoms with van der Waals surface area (Å²) < 4.78 is 13.7. The second-order valence-corrected chi connectivity index (χ2v) is 4.30. The summed E-state index contributed by atoms with van der Waals surface area (Å²) in [5.74, 6) is 0.200. The first-order valence-corrected chi connectivity index (χ1v) is 5.25. The second kappa shape index (κ2) is 3.65. The number of rotatable bonds is 1. The van der Waals surface area contributed by atoms with Crippen molar-refractivity contribution in [1.82, 2.24) is 0 Å². The SMILES string of the molecule is CC1C=CC=CC1(C)c1ccccc1F. The molecule has 0 bridgehead atoms. The van der Waals surface area contributed by atoms with Crippen LogP contribution in [0, 0.1) is 11.7 Å². The Morgan fingerprint density at radius 1 is 1.20 bits per heavy atom. The van der Waals surface area contributed by atoms with Crippen LogP contribution in [0.4, 0.5) is 4.39 Å². The fraction of sp³-hybridized carbons (Fsp3) is 0.286. The van der Waals surface area contributed by atoms with Gasteiger partial charge in [-0.2, -0.15) is 0 Å². The van der Waals surface area contributed by atoms with Crippen molar-refractivity contribution in [3.8, 4) is 0 Å². The van der Waals surface area contributed by atoms with E-state index in [1.54, 1.807) is 6.07 Å². The van der Waals surface area contributed by atoms with Crippen LogP contribution in [0.25, 0.3) is 0 Å². The topological polar surface area (TPSA) is 0 Å². The summed E-state index contributed by atoms with van der Waals surface area (Å²) in [6.45, 7) is 4.20. The molecule has 1 heteroatoms. The first-order chi connectivity index (χ1) is 7.14. The highest BCUT2D eigenvalue weighted by Crippen LogP contribution is 2.37. The van der Waals surface area contributed by atoms with Crippen molar-refractivity contribution in [1.29, 1.82) is 0 Å². The van der Waals surface area contributed by atoms with Crippen LogP contribution in [0.15, 0.2) is 48.6 Å². The van der Waals surface area contributed by atoms with Crippen molar-refractivity contribution >= 4 is 0 Å². The van der Waals surface area contributed by atoms with Gasteiger partial charge in [0.15, 0.2) is 0 Å². The predicted octanol–water partition coefficient (Wildman–Crippen LogP) is 3.85. The average Bonchev–Trinajstić information content (AvgIpc) is 2.23. The lowest BCUT2D eigenvalue weighted by atomic mass is 9.70. The van der Waals surface area contributed by atoms with Gasteiger partial charge in [0, 0.05) is 5.41 Å². The van der Waals surface area contributed by atoms with E-state index in [9.17, 15) is 4.39 Å². The van der Waals surface area contributed by atoms with E-state index >= 15 is 0 Å². The van der Waals surface area contributed by atoms with E-state index in [-0.39, 0.29) is 11.2 Å². The standard InChI is InChI=1S/C14H15F/c1-11-7-5-6-10-14(11,2)12-8-3-4-9-13(12)15/h3-11H,1-2H3. The van der Waals surface area contributed by atoms with Gasteiger partial charge in [-0.25, -0.2) is 4.39 Å². The zero-order valence-electron chi connectivity index (χ0n) is 9.07. The molecule has 2 unspecified atom stereocenters. The molecule has 0 heterocycles. The molecular formula is C14H15F. The molecule has 0 saturated heterocycles. The van der Waals surface area contributed by atoms with Gasteiger partial charge in [0.05, 0.1) is 0 Å². The Balaban J connectivity index is 2.50. The number of hydrogen-bond acceptors (Lipinski definition) is 0. The minimum Gasteiger partial charge on any atom is -0.207 e. The Bertz CT molecular complexity index is 417. The summed E-state index contributed by atoms with van der Waals surface area (Å²) in [7, 11) is 0. The molecule has 0 fully saturated rings. The largest absolute Gasteiger partial charge is 0.207 e. The molecule has 1 aliphatic rings. The van der Waals surface area contributed by atoms with E-state index in [4.69, 9.17) is 0 Å². The molecule has 78 valence electrons. The minimum absolute atomic E-state index is 0.119. The molecule has 1 aliphatic carbocycles. The summed E-state index contributed by atoms with van der Waals surface area (Å²) >= 11 is 0. The summed E-state index contributed by atoms with van der Waals surface area (Å²) in [4.78, 5) is 0. The molecule has 0 nitrogen and oxygen atoms in total. The van der Waals surface area contributed by atoms with Gasteiger partial charge < -0.3 is 0 Å². The van der Waals surface area contributed by atoms with Crippen LogP contribution in [0.2, 0.25) is 0 Å². The molecule has 0 saturated carbocycles. The van der Waals surface area contributed by atoms with Gasteiger partial charge in [0.25, 0.3) is 0 Å². The van der Waals surface area contributed by atoms with Crippen molar-refractivity contribution in [3.63, 3.8) is 0 Å². The number of benzene rings is 1. The third-order valence-electron chi connectivity index (χ3n) is 3.35. The Kier molecular flexibility index (Phi) is 2.47. The Hall–Kier alpha value is -1.37. The van der Waals surface area contributed by atoms with Gasteiger partial charge >= 0.3 is 0 Å². The quantitative estimate of drug-likeness (QED) is 0.649. The number of halogens is 1. The van der Waals surface area contributed by atoms with Crippen LogP contribution < -0.4 is 0 Å². The van der Waals surface area contributed by atoms with Crippen LogP contribution >= 0.6 is 0 Å². The summed E-state index contributed by atoms with van der Waals surface area (Å²) in [5, 5.41) is 0. The second-order valence-electron chi connectivity index (χ2n) is 4.30. The van der Waals surface area contributed by atoms with Crippen LogP contribution in [0.1, 0.15) is 19.4 Å². The maximum atomic E-state index is 13.7. The fourth-order valence-corrected chi connectivity index (χ4v) is 2.07. The van der Waals surface area contributed by atoms with E-state index in [1.165, 1.54) is 6.07 Å². The summed E-state index contributed by atoms with van der Waals surface area (Å²) in [6, 6.07) is 7.02. The van der Waals surface area contributed by atoms with Gasteiger partial charge in [-0.3, -0.25) is 0 Å². The van der Waals surface area contributed by atoms with Gasteiger partial charge in [0.2, 0.25) is 0 Å². The third-order valence-corrected chi connectivity index (χ3v) is 3.35. The smallest absolute Gasteiger partial charge is 0.127 e. The highest BCUT2D eigenvalue weighted by molar-refractivity contribution is 5.37. The third kappa shape index (κ3) is 1.63. The van der Waals surface area contributed by atoms with Crippen LogP contribution in [0.3, 0.4) is 0 Å². The molecule has 0 N–H and O–H groups in total. The van der Waals surface area contributed by atoms with E-state index in [1.807, 2.05) is 24.3 Å². The van der Waals surface area contributed by atoms with Crippen molar-refractivity contribution in [2.24, 2.45) is 5.92 Å². The van der Waals surface area contributed by atoms with Crippen molar-refractivity contribution < 1.29 is 4.39 Å². The van der Waals surface area contributed by atoms with Crippen molar-refractivity contribution in [2.45, 2.75) is 19.3 Å². The van der Waals surface area contributed by atoms with E-state index in [0.717, 1.165) is 5.56 Å². The zero-order valence-corrected chi connectivity index (χ0v) is 9.07. The maximum absolute atomic E-state index is 13.7. The summed E-state index contributed by atoms with van der Waals surface area (Å²) in [6.07, 6.45) is 8.21. The summed E-state index contributed by atoms with van der Waals surface area (Å²) in [5.41, 5.74) is 0.554. The molecule has 0 aliphatic heterocycles. The number of allylic oxidation sites excluding steroid dienone is 4. The highest BCUT2D eigenvalue weighted by atomic mass is 19.1. The lowest BCUT2D eigenvalue weighted by molar-refractivity contribution is 0.433. The van der Waals surface area contributed by atoms with Gasteiger partial charge in [0.1, 0.15) is 5.82 Å². The molecule has 0 amide bonds. The Morgan fingerprint density at radius 2 is 1.93 bits per heavy atom. The molecule has 2 atom stereocenters. The van der Waals surface area contributed by atoms with Crippen LogP contribution in [-0.4, -0.2) is 0 Å². The lowest BCUT2D eigenvalue weighted by Crippen LogP contribution is -2.29. The van der Waals surface area contributed by atoms with Crippen molar-refractivity contribution in [3.05, 3.63) is 60.0 Å².